The number of aliphatic hydroxyl groups is 1. The third kappa shape index (κ3) is 4.33. The minimum absolute atomic E-state index is 0.0664. The molecule has 0 bridgehead atoms. The summed E-state index contributed by atoms with van der Waals surface area (Å²) in [6.07, 6.45) is 3.60. The summed E-state index contributed by atoms with van der Waals surface area (Å²) in [5, 5.41) is 8.64. The highest BCUT2D eigenvalue weighted by Gasteiger charge is 2.21. The van der Waals surface area contributed by atoms with Crippen molar-refractivity contribution in [3.8, 4) is 0 Å². The molecule has 0 spiro atoms. The van der Waals surface area contributed by atoms with Crippen molar-refractivity contribution in [3.63, 3.8) is 0 Å². The van der Waals surface area contributed by atoms with E-state index in [1.165, 1.54) is 0 Å². The SMILES string of the molecule is CC(C)=CC(=O)N1CCC(OCCO)CC1. The number of allylic oxidation sites excluding steroid dienone is 1. The molecule has 4 nitrogen and oxygen atoms in total. The molecule has 1 heterocycles. The highest BCUT2D eigenvalue weighted by molar-refractivity contribution is 5.88. The van der Waals surface area contributed by atoms with Gasteiger partial charge in [-0.3, -0.25) is 4.79 Å². The van der Waals surface area contributed by atoms with Gasteiger partial charge >= 0.3 is 0 Å². The molecular formula is C12H21NO3. The van der Waals surface area contributed by atoms with E-state index >= 15 is 0 Å². The van der Waals surface area contributed by atoms with E-state index in [2.05, 4.69) is 0 Å². The molecule has 1 saturated heterocycles. The molecule has 0 aliphatic carbocycles. The van der Waals surface area contributed by atoms with Crippen LogP contribution in [0.15, 0.2) is 11.6 Å². The number of carbonyl (C=O) groups excluding carboxylic acids is 1. The van der Waals surface area contributed by atoms with E-state index < -0.39 is 0 Å². The second-order valence-corrected chi connectivity index (χ2v) is 4.34. The Morgan fingerprint density at radius 1 is 1.44 bits per heavy atom. The summed E-state index contributed by atoms with van der Waals surface area (Å²) in [6.45, 7) is 5.81. The summed E-state index contributed by atoms with van der Waals surface area (Å²) in [6, 6.07) is 0. The Hall–Kier alpha value is -0.870. The number of rotatable bonds is 4. The Balaban J connectivity index is 2.31. The lowest BCUT2D eigenvalue weighted by molar-refractivity contribution is -0.128. The van der Waals surface area contributed by atoms with Gasteiger partial charge in [0.15, 0.2) is 0 Å². The maximum absolute atomic E-state index is 11.7. The number of ether oxygens (including phenoxy) is 1. The van der Waals surface area contributed by atoms with Crippen LogP contribution in [0.25, 0.3) is 0 Å². The van der Waals surface area contributed by atoms with Crippen molar-refractivity contribution in [2.45, 2.75) is 32.8 Å². The van der Waals surface area contributed by atoms with Gasteiger partial charge < -0.3 is 14.7 Å². The van der Waals surface area contributed by atoms with Gasteiger partial charge in [-0.2, -0.15) is 0 Å². The Labute approximate surface area is 96.9 Å². The number of hydrogen-bond acceptors (Lipinski definition) is 3. The lowest BCUT2D eigenvalue weighted by Crippen LogP contribution is -2.40. The predicted octanol–water partition coefficient (Wildman–Crippen LogP) is 0.953. The van der Waals surface area contributed by atoms with E-state index in [0.717, 1.165) is 31.5 Å². The molecule has 0 saturated carbocycles. The Morgan fingerprint density at radius 2 is 2.06 bits per heavy atom. The minimum atomic E-state index is 0.0664. The molecule has 92 valence electrons. The van der Waals surface area contributed by atoms with Crippen LogP contribution in [0.3, 0.4) is 0 Å². The molecule has 1 aliphatic rings. The van der Waals surface area contributed by atoms with Crippen LogP contribution in [0.2, 0.25) is 0 Å². The molecule has 0 aromatic rings. The number of nitrogens with zero attached hydrogens (tertiary/aromatic N) is 1. The van der Waals surface area contributed by atoms with Gasteiger partial charge in [0.05, 0.1) is 19.3 Å². The maximum atomic E-state index is 11.7. The van der Waals surface area contributed by atoms with Crippen LogP contribution in [-0.2, 0) is 9.53 Å². The summed E-state index contributed by atoms with van der Waals surface area (Å²) >= 11 is 0. The topological polar surface area (TPSA) is 49.8 Å². The summed E-state index contributed by atoms with van der Waals surface area (Å²) in [5.74, 6) is 0.0978. The van der Waals surface area contributed by atoms with Gasteiger partial charge in [0, 0.05) is 19.2 Å². The number of aliphatic hydroxyl groups excluding tert-OH is 1. The average Bonchev–Trinajstić information content (AvgIpc) is 2.26. The van der Waals surface area contributed by atoms with E-state index in [9.17, 15) is 4.79 Å². The molecule has 4 heteroatoms. The van der Waals surface area contributed by atoms with Crippen LogP contribution in [0.5, 0.6) is 0 Å². The molecule has 0 atom stereocenters. The van der Waals surface area contributed by atoms with Crippen LogP contribution in [0.1, 0.15) is 26.7 Å². The zero-order valence-corrected chi connectivity index (χ0v) is 10.1. The standard InChI is InChI=1S/C12H21NO3/c1-10(2)9-12(15)13-5-3-11(4-6-13)16-8-7-14/h9,11,14H,3-8H2,1-2H3. The average molecular weight is 227 g/mol. The first-order chi connectivity index (χ1) is 7.63. The van der Waals surface area contributed by atoms with Gasteiger partial charge in [-0.25, -0.2) is 0 Å². The van der Waals surface area contributed by atoms with Gasteiger partial charge in [-0.15, -0.1) is 0 Å². The quantitative estimate of drug-likeness (QED) is 0.728. The van der Waals surface area contributed by atoms with Crippen molar-refractivity contribution in [1.29, 1.82) is 0 Å². The third-order valence-electron chi connectivity index (χ3n) is 2.61. The fourth-order valence-electron chi connectivity index (χ4n) is 1.80. The Kier molecular flexibility index (Phi) is 5.49. The summed E-state index contributed by atoms with van der Waals surface area (Å²) in [7, 11) is 0. The number of carbonyl (C=O) groups is 1. The van der Waals surface area contributed by atoms with Crippen LogP contribution in [0.4, 0.5) is 0 Å². The number of hydrogen-bond donors (Lipinski definition) is 1. The maximum Gasteiger partial charge on any atom is 0.246 e. The number of piperidine rings is 1. The molecule has 1 rings (SSSR count). The number of amides is 1. The van der Waals surface area contributed by atoms with Crippen molar-refractivity contribution in [2.24, 2.45) is 0 Å². The molecule has 0 radical (unpaired) electrons. The molecule has 0 aromatic carbocycles. The van der Waals surface area contributed by atoms with Crippen molar-refractivity contribution in [3.05, 3.63) is 11.6 Å². The van der Waals surface area contributed by atoms with Crippen LogP contribution < -0.4 is 0 Å². The van der Waals surface area contributed by atoms with Crippen molar-refractivity contribution >= 4 is 5.91 Å². The normalized spacial score (nSPS) is 17.3. The van der Waals surface area contributed by atoms with E-state index in [4.69, 9.17) is 9.84 Å². The summed E-state index contributed by atoms with van der Waals surface area (Å²) in [5.41, 5.74) is 1.03. The van der Waals surface area contributed by atoms with Gasteiger partial charge in [-0.1, -0.05) is 5.57 Å². The highest BCUT2D eigenvalue weighted by atomic mass is 16.5. The van der Waals surface area contributed by atoms with E-state index in [0.29, 0.717) is 6.61 Å². The lowest BCUT2D eigenvalue weighted by atomic mass is 10.1. The second kappa shape index (κ2) is 6.66. The molecule has 0 aromatic heterocycles. The Bertz CT molecular complexity index is 251. The van der Waals surface area contributed by atoms with Crippen molar-refractivity contribution in [1.82, 2.24) is 4.90 Å². The molecule has 1 amide bonds. The van der Waals surface area contributed by atoms with Crippen LogP contribution in [-0.4, -0.2) is 48.3 Å². The molecule has 1 aliphatic heterocycles. The molecule has 1 fully saturated rings. The largest absolute Gasteiger partial charge is 0.394 e. The van der Waals surface area contributed by atoms with E-state index in [1.807, 2.05) is 18.7 Å². The van der Waals surface area contributed by atoms with Gasteiger partial charge in [-0.05, 0) is 26.7 Å². The fraction of sp³-hybridized carbons (Fsp3) is 0.750. The number of likely N-dealkylation sites (tertiary alicyclic amines) is 1. The second-order valence-electron chi connectivity index (χ2n) is 4.34. The van der Waals surface area contributed by atoms with Gasteiger partial charge in [0.25, 0.3) is 0 Å². The molecule has 0 unspecified atom stereocenters. The smallest absolute Gasteiger partial charge is 0.246 e. The first kappa shape index (κ1) is 13.2. The first-order valence-corrected chi connectivity index (χ1v) is 5.79. The molecule has 16 heavy (non-hydrogen) atoms. The highest BCUT2D eigenvalue weighted by Crippen LogP contribution is 2.14. The predicted molar refractivity (Wildman–Crippen MR) is 62.1 cm³/mol. The zero-order chi connectivity index (χ0) is 12.0. The lowest BCUT2D eigenvalue weighted by Gasteiger charge is -2.31. The first-order valence-electron chi connectivity index (χ1n) is 5.79. The minimum Gasteiger partial charge on any atom is -0.394 e. The Morgan fingerprint density at radius 3 is 2.56 bits per heavy atom. The monoisotopic (exact) mass is 227 g/mol. The van der Waals surface area contributed by atoms with Gasteiger partial charge in [0.1, 0.15) is 0 Å². The fourth-order valence-corrected chi connectivity index (χ4v) is 1.80. The van der Waals surface area contributed by atoms with E-state index in [-0.39, 0.29) is 18.6 Å². The third-order valence-corrected chi connectivity index (χ3v) is 2.61. The van der Waals surface area contributed by atoms with Crippen molar-refractivity contribution in [2.75, 3.05) is 26.3 Å². The van der Waals surface area contributed by atoms with Crippen LogP contribution in [0, 0.1) is 0 Å². The molecule has 1 N–H and O–H groups in total. The van der Waals surface area contributed by atoms with Crippen molar-refractivity contribution < 1.29 is 14.6 Å². The summed E-state index contributed by atoms with van der Waals surface area (Å²) < 4.78 is 5.44. The van der Waals surface area contributed by atoms with Gasteiger partial charge in [0.2, 0.25) is 5.91 Å². The van der Waals surface area contributed by atoms with Crippen LogP contribution >= 0.6 is 0 Å². The molecular weight excluding hydrogens is 206 g/mol. The summed E-state index contributed by atoms with van der Waals surface area (Å²) in [4.78, 5) is 13.6. The zero-order valence-electron chi connectivity index (χ0n) is 10.1. The van der Waals surface area contributed by atoms with E-state index in [1.54, 1.807) is 6.08 Å².